The Balaban J connectivity index is 1.48. The normalized spacial score (nSPS) is 26.3. The van der Waals surface area contributed by atoms with Gasteiger partial charge < -0.3 is 43.3 Å². The van der Waals surface area contributed by atoms with E-state index in [0.29, 0.717) is 24.7 Å². The van der Waals surface area contributed by atoms with Gasteiger partial charge in [-0.2, -0.15) is 0 Å². The zero-order valence-electron chi connectivity index (χ0n) is 27.3. The van der Waals surface area contributed by atoms with E-state index in [1.54, 1.807) is 28.1 Å². The van der Waals surface area contributed by atoms with Crippen molar-refractivity contribution in [2.24, 2.45) is 5.41 Å². The molecule has 2 aliphatic heterocycles. The molecule has 0 aromatic heterocycles. The molecule has 244 valence electrons. The minimum Gasteiger partial charge on any atom is -0.486 e. The summed E-state index contributed by atoms with van der Waals surface area (Å²) in [6.07, 6.45) is -3.08. The Morgan fingerprint density at radius 1 is 0.822 bits per heavy atom. The maximum atomic E-state index is 11.8. The van der Waals surface area contributed by atoms with Crippen molar-refractivity contribution in [1.29, 1.82) is 0 Å². The first kappa shape index (κ1) is 33.4. The average Bonchev–Trinajstić information content (AvgIpc) is 3.05. The van der Waals surface area contributed by atoms with Gasteiger partial charge >= 0.3 is 0 Å². The molecular weight excluding hydrogens is 590 g/mol. The number of nitrogens with one attached hydrogen (secondary N) is 1. The molecule has 5 rings (SSSR count). The highest BCUT2D eigenvalue weighted by Crippen LogP contribution is 2.44. The standard InChI is InChI=1S/C35H47NO8Si/c1-33(2,3)32(44-45(25-14-10-8-11-15-25)26-16-12-9-13-17-26)31-30(42-34(4,38-6)35(5,39-7)43-31)27(37)23-36-24-18-19-28-29(22-24)41-21-20-40-28/h8-19,22,27,30-32,36-37,45H,20-21,23H2,1-7H3/t27-,30-,31-,32?,34+,35+/m0/s1. The van der Waals surface area contributed by atoms with Crippen LogP contribution < -0.4 is 25.2 Å². The maximum absolute atomic E-state index is 11.8. The summed E-state index contributed by atoms with van der Waals surface area (Å²) < 4.78 is 44.0. The lowest BCUT2D eigenvalue weighted by atomic mass is 9.82. The number of fused-ring (bicyclic) bond motifs is 1. The number of anilines is 1. The van der Waals surface area contributed by atoms with Gasteiger partial charge in [0.1, 0.15) is 31.5 Å². The summed E-state index contributed by atoms with van der Waals surface area (Å²) in [5.74, 6) is -1.25. The fourth-order valence-corrected chi connectivity index (χ4v) is 8.58. The number of aliphatic hydroxyl groups excluding tert-OH is 1. The molecule has 2 heterocycles. The summed E-state index contributed by atoms with van der Waals surface area (Å²) in [7, 11) is 0.873. The van der Waals surface area contributed by atoms with E-state index in [4.69, 9.17) is 32.8 Å². The SMILES string of the molecule is CO[C@]1(C)O[C@@H]([C@@H](O)CNc2ccc3c(c2)OCCO3)[C@@H](C(O[SiH](c2ccccc2)c2ccccc2)C(C)(C)C)O[C@@]1(C)OC. The van der Waals surface area contributed by atoms with E-state index >= 15 is 0 Å². The predicted octanol–water partition coefficient (Wildman–Crippen LogP) is 3.71. The van der Waals surface area contributed by atoms with E-state index in [0.717, 1.165) is 16.1 Å². The molecule has 0 aliphatic carbocycles. The van der Waals surface area contributed by atoms with Gasteiger partial charge in [-0.25, -0.2) is 0 Å². The maximum Gasteiger partial charge on any atom is 0.240 e. The van der Waals surface area contributed by atoms with Crippen LogP contribution >= 0.6 is 0 Å². The lowest BCUT2D eigenvalue weighted by Crippen LogP contribution is -2.71. The third-order valence-electron chi connectivity index (χ3n) is 8.73. The number of benzene rings is 3. The number of aliphatic hydroxyl groups is 1. The summed E-state index contributed by atoms with van der Waals surface area (Å²) >= 11 is 0. The van der Waals surface area contributed by atoms with Gasteiger partial charge in [-0.3, -0.25) is 0 Å². The van der Waals surface area contributed by atoms with E-state index in [9.17, 15) is 5.11 Å². The molecule has 1 unspecified atom stereocenters. The number of hydrogen-bond donors (Lipinski definition) is 2. The molecule has 0 saturated carbocycles. The minimum absolute atomic E-state index is 0.169. The van der Waals surface area contributed by atoms with Crippen molar-refractivity contribution in [1.82, 2.24) is 0 Å². The van der Waals surface area contributed by atoms with Gasteiger partial charge in [0.15, 0.2) is 11.5 Å². The van der Waals surface area contributed by atoms with Gasteiger partial charge in [-0.15, -0.1) is 0 Å². The number of rotatable bonds is 11. The second-order valence-electron chi connectivity index (χ2n) is 12.9. The number of hydrogen-bond acceptors (Lipinski definition) is 9. The van der Waals surface area contributed by atoms with Crippen LogP contribution in [0.15, 0.2) is 78.9 Å². The largest absolute Gasteiger partial charge is 0.486 e. The molecule has 2 N–H and O–H groups in total. The second-order valence-corrected chi connectivity index (χ2v) is 15.3. The quantitative estimate of drug-likeness (QED) is 0.305. The van der Waals surface area contributed by atoms with E-state index in [2.05, 4.69) is 50.4 Å². The van der Waals surface area contributed by atoms with Crippen molar-refractivity contribution in [2.75, 3.05) is 39.3 Å². The smallest absolute Gasteiger partial charge is 0.240 e. The molecule has 3 aromatic carbocycles. The first-order chi connectivity index (χ1) is 21.5. The topological polar surface area (TPSA) is 96.9 Å². The highest BCUT2D eigenvalue weighted by molar-refractivity contribution is 6.80. The molecular formula is C35H47NO8Si. The zero-order valence-corrected chi connectivity index (χ0v) is 28.5. The first-order valence-electron chi connectivity index (χ1n) is 15.5. The fraction of sp³-hybridized carbons (Fsp3) is 0.486. The van der Waals surface area contributed by atoms with Crippen LogP contribution in [0.4, 0.5) is 5.69 Å². The Labute approximate surface area is 268 Å². The highest BCUT2D eigenvalue weighted by atomic mass is 28.3. The zero-order chi connectivity index (χ0) is 32.2. The second kappa shape index (κ2) is 13.8. The Hall–Kier alpha value is -2.96. The van der Waals surface area contributed by atoms with E-state index in [-0.39, 0.29) is 6.54 Å². The van der Waals surface area contributed by atoms with Crippen LogP contribution in [0.2, 0.25) is 0 Å². The summed E-state index contributed by atoms with van der Waals surface area (Å²) in [5, 5.41) is 17.5. The summed E-state index contributed by atoms with van der Waals surface area (Å²) in [6.45, 7) is 11.1. The molecule has 2 aliphatic rings. The molecule has 6 atom stereocenters. The van der Waals surface area contributed by atoms with Crippen molar-refractivity contribution in [2.45, 2.75) is 70.6 Å². The van der Waals surface area contributed by atoms with Crippen molar-refractivity contribution >= 4 is 25.1 Å². The molecule has 1 saturated heterocycles. The van der Waals surface area contributed by atoms with Crippen molar-refractivity contribution in [3.8, 4) is 11.5 Å². The van der Waals surface area contributed by atoms with Gasteiger partial charge in [0.05, 0.1) is 6.10 Å². The van der Waals surface area contributed by atoms with E-state index in [1.165, 1.54) is 0 Å². The van der Waals surface area contributed by atoms with Gasteiger partial charge in [-0.05, 0) is 41.8 Å². The van der Waals surface area contributed by atoms with Crippen LogP contribution in [0.25, 0.3) is 0 Å². The highest BCUT2D eigenvalue weighted by Gasteiger charge is 2.60. The van der Waals surface area contributed by atoms with Crippen molar-refractivity contribution < 1.29 is 38.0 Å². The third-order valence-corrected chi connectivity index (χ3v) is 11.3. The Kier molecular flexibility index (Phi) is 10.2. The summed E-state index contributed by atoms with van der Waals surface area (Å²) in [4.78, 5) is 0. The van der Waals surface area contributed by atoms with Crippen molar-refractivity contribution in [3.63, 3.8) is 0 Å². The van der Waals surface area contributed by atoms with Crippen LogP contribution in [0.5, 0.6) is 11.5 Å². The van der Waals surface area contributed by atoms with E-state index in [1.807, 2.05) is 54.6 Å². The molecule has 3 aromatic rings. The number of ether oxygens (including phenoxy) is 6. The van der Waals surface area contributed by atoms with Crippen LogP contribution in [0.1, 0.15) is 34.6 Å². The Morgan fingerprint density at radius 2 is 1.36 bits per heavy atom. The van der Waals surface area contributed by atoms with E-state index < -0.39 is 50.4 Å². The van der Waals surface area contributed by atoms with Crippen LogP contribution in [0.3, 0.4) is 0 Å². The van der Waals surface area contributed by atoms with Crippen LogP contribution in [-0.4, -0.2) is 84.1 Å². The molecule has 45 heavy (non-hydrogen) atoms. The van der Waals surface area contributed by atoms with Gasteiger partial charge in [0.25, 0.3) is 0 Å². The average molecular weight is 638 g/mol. The van der Waals surface area contributed by atoms with Gasteiger partial charge in [0.2, 0.25) is 20.6 Å². The first-order valence-corrected chi connectivity index (χ1v) is 17.1. The monoisotopic (exact) mass is 637 g/mol. The summed E-state index contributed by atoms with van der Waals surface area (Å²) in [5.41, 5.74) is 0.367. The lowest BCUT2D eigenvalue weighted by molar-refractivity contribution is -0.460. The molecule has 0 radical (unpaired) electrons. The van der Waals surface area contributed by atoms with Crippen LogP contribution in [0, 0.1) is 5.41 Å². The van der Waals surface area contributed by atoms with Crippen molar-refractivity contribution in [3.05, 3.63) is 78.9 Å². The third kappa shape index (κ3) is 7.22. The molecule has 0 bridgehead atoms. The Bertz CT molecular complexity index is 1350. The van der Waals surface area contributed by atoms with Gasteiger partial charge in [-0.1, -0.05) is 81.4 Å². The molecule has 0 amide bonds. The molecule has 9 nitrogen and oxygen atoms in total. The number of methoxy groups -OCH3 is 2. The molecule has 0 spiro atoms. The lowest BCUT2D eigenvalue weighted by Gasteiger charge is -2.55. The van der Waals surface area contributed by atoms with Gasteiger partial charge in [0, 0.05) is 32.5 Å². The minimum atomic E-state index is -2.24. The van der Waals surface area contributed by atoms with Crippen LogP contribution in [-0.2, 0) is 23.4 Å². The Morgan fingerprint density at radius 3 is 1.89 bits per heavy atom. The fourth-order valence-electron chi connectivity index (χ4n) is 5.88. The molecule has 1 fully saturated rings. The predicted molar refractivity (Wildman–Crippen MR) is 176 cm³/mol. The summed E-state index contributed by atoms with van der Waals surface area (Å²) in [6, 6.07) is 26.3. The molecule has 10 heteroatoms.